The van der Waals surface area contributed by atoms with Crippen molar-refractivity contribution in [1.29, 1.82) is 0 Å². The fourth-order valence-electron chi connectivity index (χ4n) is 3.90. The summed E-state index contributed by atoms with van der Waals surface area (Å²) in [6.07, 6.45) is 1.90. The van der Waals surface area contributed by atoms with E-state index in [0.29, 0.717) is 34.1 Å². The summed E-state index contributed by atoms with van der Waals surface area (Å²) < 4.78 is 5.52. The summed E-state index contributed by atoms with van der Waals surface area (Å²) >= 11 is 1.31. The molecule has 7 heteroatoms. The molecular weight excluding hydrogens is 374 g/mol. The van der Waals surface area contributed by atoms with E-state index in [2.05, 4.69) is 9.97 Å². The van der Waals surface area contributed by atoms with Crippen molar-refractivity contribution in [1.82, 2.24) is 14.9 Å². The van der Waals surface area contributed by atoms with Crippen molar-refractivity contribution in [3.05, 3.63) is 56.4 Å². The van der Waals surface area contributed by atoms with Crippen molar-refractivity contribution in [2.45, 2.75) is 39.7 Å². The van der Waals surface area contributed by atoms with Gasteiger partial charge in [0.2, 0.25) is 0 Å². The van der Waals surface area contributed by atoms with E-state index in [0.717, 1.165) is 29.7 Å². The lowest BCUT2D eigenvalue weighted by Crippen LogP contribution is -2.30. The number of nitrogens with zero attached hydrogens (tertiary/aromatic N) is 2. The van der Waals surface area contributed by atoms with Crippen LogP contribution in [0.15, 0.2) is 29.1 Å². The maximum atomic E-state index is 13.4. The maximum Gasteiger partial charge on any atom is 0.264 e. The van der Waals surface area contributed by atoms with Gasteiger partial charge in [0.15, 0.2) is 0 Å². The SMILES string of the molecule is CCOc1ccc([C@@H]2CCCN2C(=O)c2sc3nc(C)[nH]c(=O)c3c2C)cc1. The fourth-order valence-corrected chi connectivity index (χ4v) is 5.08. The Hall–Kier alpha value is -2.67. The number of aromatic amines is 1. The van der Waals surface area contributed by atoms with E-state index < -0.39 is 0 Å². The van der Waals surface area contributed by atoms with Crippen LogP contribution >= 0.6 is 11.3 Å². The van der Waals surface area contributed by atoms with Gasteiger partial charge in [0, 0.05) is 6.54 Å². The van der Waals surface area contributed by atoms with Crippen LogP contribution in [0.2, 0.25) is 0 Å². The van der Waals surface area contributed by atoms with Gasteiger partial charge in [-0.25, -0.2) is 4.98 Å². The number of likely N-dealkylation sites (tertiary alicyclic amines) is 1. The number of nitrogens with one attached hydrogen (secondary N) is 1. The molecule has 4 rings (SSSR count). The summed E-state index contributed by atoms with van der Waals surface area (Å²) in [5, 5.41) is 0.524. The molecule has 0 aliphatic carbocycles. The molecule has 1 amide bonds. The first-order chi connectivity index (χ1) is 13.5. The third-order valence-electron chi connectivity index (χ3n) is 5.20. The number of aromatic nitrogens is 2. The molecule has 1 atom stereocenters. The van der Waals surface area contributed by atoms with Crippen LogP contribution in [0.4, 0.5) is 0 Å². The molecule has 0 bridgehead atoms. The van der Waals surface area contributed by atoms with Crippen LogP contribution in [0.3, 0.4) is 0 Å². The molecule has 0 saturated carbocycles. The molecule has 1 saturated heterocycles. The number of ether oxygens (including phenoxy) is 1. The van der Waals surface area contributed by atoms with E-state index in [1.54, 1.807) is 6.92 Å². The lowest BCUT2D eigenvalue weighted by molar-refractivity contribution is 0.0740. The Morgan fingerprint density at radius 3 is 2.79 bits per heavy atom. The van der Waals surface area contributed by atoms with E-state index in [-0.39, 0.29) is 17.5 Å². The van der Waals surface area contributed by atoms with Crippen LogP contribution < -0.4 is 10.3 Å². The van der Waals surface area contributed by atoms with Crippen LogP contribution in [0.5, 0.6) is 5.75 Å². The van der Waals surface area contributed by atoms with Gasteiger partial charge in [-0.3, -0.25) is 9.59 Å². The highest BCUT2D eigenvalue weighted by Gasteiger charge is 2.33. The largest absolute Gasteiger partial charge is 0.494 e. The highest BCUT2D eigenvalue weighted by atomic mass is 32.1. The highest BCUT2D eigenvalue weighted by molar-refractivity contribution is 7.20. The number of H-pyrrole nitrogens is 1. The second-order valence-corrected chi connectivity index (χ2v) is 8.05. The molecule has 28 heavy (non-hydrogen) atoms. The number of carbonyl (C=O) groups is 1. The van der Waals surface area contributed by atoms with Gasteiger partial charge in [-0.15, -0.1) is 11.3 Å². The smallest absolute Gasteiger partial charge is 0.264 e. The summed E-state index contributed by atoms with van der Waals surface area (Å²) in [5.41, 5.74) is 1.65. The third kappa shape index (κ3) is 3.20. The zero-order chi connectivity index (χ0) is 19.8. The molecule has 1 aliphatic rings. The van der Waals surface area contributed by atoms with E-state index >= 15 is 0 Å². The van der Waals surface area contributed by atoms with Crippen LogP contribution in [-0.4, -0.2) is 33.9 Å². The second-order valence-electron chi connectivity index (χ2n) is 7.05. The van der Waals surface area contributed by atoms with Crippen molar-refractivity contribution in [3.8, 4) is 5.75 Å². The molecule has 0 radical (unpaired) electrons. The Labute approximate surface area is 167 Å². The van der Waals surface area contributed by atoms with Crippen LogP contribution in [0.1, 0.15) is 52.4 Å². The van der Waals surface area contributed by atoms with Gasteiger partial charge in [-0.1, -0.05) is 12.1 Å². The molecule has 2 aromatic heterocycles. The average Bonchev–Trinajstić information content (AvgIpc) is 3.27. The number of aryl methyl sites for hydroxylation is 2. The first-order valence-corrected chi connectivity index (χ1v) is 10.3. The topological polar surface area (TPSA) is 75.3 Å². The summed E-state index contributed by atoms with van der Waals surface area (Å²) in [6.45, 7) is 6.89. The van der Waals surface area contributed by atoms with Gasteiger partial charge in [-0.2, -0.15) is 0 Å². The quantitative estimate of drug-likeness (QED) is 0.723. The van der Waals surface area contributed by atoms with Gasteiger partial charge in [0.25, 0.3) is 11.5 Å². The Morgan fingerprint density at radius 1 is 1.32 bits per heavy atom. The molecular formula is C21H23N3O3S. The molecule has 0 unspecified atom stereocenters. The molecule has 1 fully saturated rings. The zero-order valence-electron chi connectivity index (χ0n) is 16.2. The minimum atomic E-state index is -0.181. The number of amides is 1. The van der Waals surface area contributed by atoms with E-state index in [9.17, 15) is 9.59 Å². The van der Waals surface area contributed by atoms with Crippen LogP contribution in [0, 0.1) is 13.8 Å². The van der Waals surface area contributed by atoms with Gasteiger partial charge in [0.1, 0.15) is 16.4 Å². The number of hydrogen-bond acceptors (Lipinski definition) is 5. The summed E-state index contributed by atoms with van der Waals surface area (Å²) in [7, 11) is 0. The van der Waals surface area contributed by atoms with Gasteiger partial charge in [0.05, 0.1) is 22.9 Å². The predicted octanol–water partition coefficient (Wildman–Crippen LogP) is 3.98. The molecule has 3 heterocycles. The van der Waals surface area contributed by atoms with Crippen LogP contribution in [-0.2, 0) is 0 Å². The normalized spacial score (nSPS) is 16.7. The van der Waals surface area contributed by atoms with Gasteiger partial charge < -0.3 is 14.6 Å². The minimum absolute atomic E-state index is 0.0195. The molecule has 1 aliphatic heterocycles. The highest BCUT2D eigenvalue weighted by Crippen LogP contribution is 2.36. The molecule has 6 nitrogen and oxygen atoms in total. The lowest BCUT2D eigenvalue weighted by Gasteiger charge is -2.25. The first kappa shape index (κ1) is 18.7. The maximum absolute atomic E-state index is 13.4. The standard InChI is InChI=1S/C21H23N3O3S/c1-4-27-15-9-7-14(8-10-15)16-6-5-11-24(16)21(26)18-12(2)17-19(25)22-13(3)23-20(17)28-18/h7-10,16H,4-6,11H2,1-3H3,(H,22,23,25)/t16-/m0/s1. The number of rotatable bonds is 4. The van der Waals surface area contributed by atoms with Crippen LogP contribution in [0.25, 0.3) is 10.2 Å². The Balaban J connectivity index is 1.67. The van der Waals surface area contributed by atoms with Crippen molar-refractivity contribution in [2.24, 2.45) is 0 Å². The Bertz CT molecular complexity index is 1080. The second kappa shape index (κ2) is 7.39. The Kier molecular flexibility index (Phi) is 4.93. The van der Waals surface area contributed by atoms with E-state index in [4.69, 9.17) is 4.74 Å². The number of benzene rings is 1. The van der Waals surface area contributed by atoms with Gasteiger partial charge in [-0.05, 0) is 56.9 Å². The molecule has 3 aromatic rings. The number of carbonyl (C=O) groups excluding carboxylic acids is 1. The van der Waals surface area contributed by atoms with E-state index in [1.807, 2.05) is 43.0 Å². The summed E-state index contributed by atoms with van der Waals surface area (Å²) in [5.74, 6) is 1.38. The number of hydrogen-bond donors (Lipinski definition) is 1. The summed E-state index contributed by atoms with van der Waals surface area (Å²) in [6, 6.07) is 8.03. The molecule has 1 N–H and O–H groups in total. The summed E-state index contributed by atoms with van der Waals surface area (Å²) in [4.78, 5) is 36.0. The minimum Gasteiger partial charge on any atom is -0.494 e. The van der Waals surface area contributed by atoms with Crippen molar-refractivity contribution >= 4 is 27.5 Å². The van der Waals surface area contributed by atoms with Crippen molar-refractivity contribution in [2.75, 3.05) is 13.2 Å². The average molecular weight is 398 g/mol. The van der Waals surface area contributed by atoms with Crippen molar-refractivity contribution < 1.29 is 9.53 Å². The molecule has 146 valence electrons. The predicted molar refractivity (Wildman–Crippen MR) is 110 cm³/mol. The van der Waals surface area contributed by atoms with E-state index in [1.165, 1.54) is 11.3 Å². The van der Waals surface area contributed by atoms with Crippen molar-refractivity contribution in [3.63, 3.8) is 0 Å². The molecule has 0 spiro atoms. The molecule has 1 aromatic carbocycles. The Morgan fingerprint density at radius 2 is 2.07 bits per heavy atom. The monoisotopic (exact) mass is 397 g/mol. The number of fused-ring (bicyclic) bond motifs is 1. The zero-order valence-corrected chi connectivity index (χ0v) is 17.1. The third-order valence-corrected chi connectivity index (χ3v) is 6.38. The lowest BCUT2D eigenvalue weighted by atomic mass is 10.0. The first-order valence-electron chi connectivity index (χ1n) is 9.53. The fraction of sp³-hybridized carbons (Fsp3) is 0.381. The number of thiophene rings is 1. The van der Waals surface area contributed by atoms with Gasteiger partial charge >= 0.3 is 0 Å².